The highest BCUT2D eigenvalue weighted by molar-refractivity contribution is 5.88. The van der Waals surface area contributed by atoms with E-state index in [-0.39, 0.29) is 11.8 Å². The monoisotopic (exact) mass is 338 g/mol. The second-order valence-corrected chi connectivity index (χ2v) is 4.98. The summed E-state index contributed by atoms with van der Waals surface area (Å²) in [6.45, 7) is 1.82. The fourth-order valence-electron chi connectivity index (χ4n) is 2.16. The molecule has 24 heavy (non-hydrogen) atoms. The van der Waals surface area contributed by atoms with Crippen LogP contribution < -0.4 is 16.0 Å². The number of nitrogens with one attached hydrogen (secondary N) is 4. The molecule has 0 aliphatic carbocycles. The fraction of sp³-hybridized carbons (Fsp3) is 0.267. The van der Waals surface area contributed by atoms with Gasteiger partial charge in [-0.2, -0.15) is 18.2 Å². The van der Waals surface area contributed by atoms with Crippen molar-refractivity contribution in [3.63, 3.8) is 0 Å². The quantitative estimate of drug-likeness (QED) is 0.626. The van der Waals surface area contributed by atoms with Gasteiger partial charge in [0.05, 0.1) is 0 Å². The van der Waals surface area contributed by atoms with E-state index in [2.05, 4.69) is 25.9 Å². The van der Waals surface area contributed by atoms with Crippen LogP contribution in [0.3, 0.4) is 0 Å². The van der Waals surface area contributed by atoms with E-state index < -0.39 is 11.7 Å². The van der Waals surface area contributed by atoms with Crippen molar-refractivity contribution in [3.05, 3.63) is 35.0 Å². The molecule has 0 atom stereocenters. The SMILES string of the molecule is CNc1cc(Nc2ncc(C(F)(F)F)c(NC)n2)c(C)cc1C=N. The largest absolute Gasteiger partial charge is 0.421 e. The Morgan fingerprint density at radius 1 is 1.12 bits per heavy atom. The molecule has 6 nitrogen and oxygen atoms in total. The van der Waals surface area contributed by atoms with E-state index in [4.69, 9.17) is 5.41 Å². The Morgan fingerprint density at radius 3 is 2.38 bits per heavy atom. The molecule has 2 rings (SSSR count). The van der Waals surface area contributed by atoms with E-state index >= 15 is 0 Å². The maximum absolute atomic E-state index is 12.9. The summed E-state index contributed by atoms with van der Waals surface area (Å²) < 4.78 is 38.6. The topological polar surface area (TPSA) is 85.7 Å². The Morgan fingerprint density at radius 2 is 1.83 bits per heavy atom. The molecule has 0 saturated heterocycles. The molecule has 1 heterocycles. The second-order valence-electron chi connectivity index (χ2n) is 4.98. The van der Waals surface area contributed by atoms with Crippen LogP contribution in [0.1, 0.15) is 16.7 Å². The van der Waals surface area contributed by atoms with Gasteiger partial charge in [-0.05, 0) is 24.6 Å². The average Bonchev–Trinajstić information content (AvgIpc) is 2.55. The van der Waals surface area contributed by atoms with Gasteiger partial charge in [-0.25, -0.2) is 4.98 Å². The smallest absolute Gasteiger partial charge is 0.388 e. The van der Waals surface area contributed by atoms with Crippen LogP contribution in [0.2, 0.25) is 0 Å². The first kappa shape index (κ1) is 17.5. The number of halogens is 3. The molecule has 2 aromatic rings. The molecule has 0 spiro atoms. The van der Waals surface area contributed by atoms with Crippen molar-refractivity contribution in [3.8, 4) is 0 Å². The summed E-state index contributed by atoms with van der Waals surface area (Å²) in [5, 5.41) is 15.7. The summed E-state index contributed by atoms with van der Waals surface area (Å²) in [4.78, 5) is 7.61. The maximum atomic E-state index is 12.9. The third-order valence-corrected chi connectivity index (χ3v) is 3.40. The van der Waals surface area contributed by atoms with Crippen molar-refractivity contribution in [2.24, 2.45) is 0 Å². The standard InChI is InChI=1S/C15H17F3N6/c1-8-4-9(6-19)12(20-2)5-11(8)23-14-22-7-10(15(16,17)18)13(21-3)24-14/h4-7,19-20H,1-3H3,(H2,21,22,23,24). The molecule has 4 N–H and O–H groups in total. The maximum Gasteiger partial charge on any atom is 0.421 e. The molecule has 9 heteroatoms. The lowest BCUT2D eigenvalue weighted by Gasteiger charge is -2.15. The van der Waals surface area contributed by atoms with Gasteiger partial charge in [0.15, 0.2) is 0 Å². The first-order valence-corrected chi connectivity index (χ1v) is 7.02. The molecule has 0 unspecified atom stereocenters. The van der Waals surface area contributed by atoms with Crippen molar-refractivity contribution < 1.29 is 13.2 Å². The summed E-state index contributed by atoms with van der Waals surface area (Å²) >= 11 is 0. The molecular formula is C15H17F3N6. The van der Waals surface area contributed by atoms with Gasteiger partial charge in [0, 0.05) is 43.4 Å². The number of aromatic nitrogens is 2. The molecule has 0 radical (unpaired) electrons. The lowest BCUT2D eigenvalue weighted by Crippen LogP contribution is -2.12. The van der Waals surface area contributed by atoms with E-state index in [1.165, 1.54) is 13.3 Å². The molecule has 0 saturated carbocycles. The Kier molecular flexibility index (Phi) is 4.91. The van der Waals surface area contributed by atoms with Crippen LogP contribution >= 0.6 is 0 Å². The lowest BCUT2D eigenvalue weighted by atomic mass is 10.1. The van der Waals surface area contributed by atoms with Crippen LogP contribution in [0.25, 0.3) is 0 Å². The highest BCUT2D eigenvalue weighted by atomic mass is 19.4. The third-order valence-electron chi connectivity index (χ3n) is 3.40. The van der Waals surface area contributed by atoms with Gasteiger partial charge < -0.3 is 21.4 Å². The van der Waals surface area contributed by atoms with Gasteiger partial charge in [0.25, 0.3) is 0 Å². The minimum atomic E-state index is -4.53. The molecule has 128 valence electrons. The van der Waals surface area contributed by atoms with Gasteiger partial charge >= 0.3 is 6.18 Å². The van der Waals surface area contributed by atoms with Crippen LogP contribution in [0.15, 0.2) is 18.3 Å². The Labute approximate surface area is 137 Å². The number of benzene rings is 1. The summed E-state index contributed by atoms with van der Waals surface area (Å²) in [5.74, 6) is -0.261. The molecule has 0 aliphatic rings. The number of alkyl halides is 3. The molecule has 0 aliphatic heterocycles. The van der Waals surface area contributed by atoms with Crippen molar-refractivity contribution in [2.75, 3.05) is 30.0 Å². The first-order chi connectivity index (χ1) is 11.3. The van der Waals surface area contributed by atoms with Crippen molar-refractivity contribution >= 4 is 29.4 Å². The lowest BCUT2D eigenvalue weighted by molar-refractivity contribution is -0.137. The van der Waals surface area contributed by atoms with E-state index in [0.29, 0.717) is 16.9 Å². The molecule has 1 aromatic heterocycles. The number of hydrogen-bond donors (Lipinski definition) is 4. The minimum absolute atomic E-state index is 0.0418. The Balaban J connectivity index is 2.40. The molecule has 0 fully saturated rings. The molecule has 0 bridgehead atoms. The number of aryl methyl sites for hydroxylation is 1. The highest BCUT2D eigenvalue weighted by Crippen LogP contribution is 2.34. The predicted molar refractivity (Wildman–Crippen MR) is 88.5 cm³/mol. The Bertz CT molecular complexity index is 758. The first-order valence-electron chi connectivity index (χ1n) is 7.02. The zero-order valence-electron chi connectivity index (χ0n) is 13.3. The number of nitrogens with zero attached hydrogens (tertiary/aromatic N) is 2. The Hall–Kier alpha value is -2.84. The van der Waals surface area contributed by atoms with Gasteiger partial charge in [-0.3, -0.25) is 0 Å². The third kappa shape index (κ3) is 3.55. The summed E-state index contributed by atoms with van der Waals surface area (Å²) in [6, 6.07) is 3.53. The van der Waals surface area contributed by atoms with E-state index in [1.807, 2.05) is 6.92 Å². The summed E-state index contributed by atoms with van der Waals surface area (Å²) in [7, 11) is 3.08. The predicted octanol–water partition coefficient (Wildman–Crippen LogP) is 3.63. The molecular weight excluding hydrogens is 321 g/mol. The minimum Gasteiger partial charge on any atom is -0.388 e. The van der Waals surface area contributed by atoms with Crippen molar-refractivity contribution in [2.45, 2.75) is 13.1 Å². The normalized spacial score (nSPS) is 11.1. The summed E-state index contributed by atoms with van der Waals surface area (Å²) in [5.41, 5.74) is 1.92. The fourth-order valence-corrected chi connectivity index (χ4v) is 2.16. The average molecular weight is 338 g/mol. The van der Waals surface area contributed by atoms with Crippen molar-refractivity contribution in [1.29, 1.82) is 5.41 Å². The molecule has 1 aromatic carbocycles. The van der Waals surface area contributed by atoms with Gasteiger partial charge in [-0.1, -0.05) is 0 Å². The van der Waals surface area contributed by atoms with E-state index in [9.17, 15) is 13.2 Å². The van der Waals surface area contributed by atoms with Gasteiger partial charge in [-0.15, -0.1) is 0 Å². The van der Waals surface area contributed by atoms with Crippen molar-refractivity contribution in [1.82, 2.24) is 9.97 Å². The molecule has 0 amide bonds. The van der Waals surface area contributed by atoms with Crippen LogP contribution in [0.4, 0.5) is 36.3 Å². The van der Waals surface area contributed by atoms with Crippen LogP contribution in [0, 0.1) is 12.3 Å². The van der Waals surface area contributed by atoms with Gasteiger partial charge in [0.2, 0.25) is 5.95 Å². The van der Waals surface area contributed by atoms with Crippen LogP contribution in [-0.2, 0) is 6.18 Å². The van der Waals surface area contributed by atoms with Crippen LogP contribution in [-0.4, -0.2) is 30.3 Å². The number of anilines is 4. The van der Waals surface area contributed by atoms with Crippen LogP contribution in [0.5, 0.6) is 0 Å². The zero-order valence-corrected chi connectivity index (χ0v) is 13.3. The van der Waals surface area contributed by atoms with Gasteiger partial charge in [0.1, 0.15) is 11.4 Å². The summed E-state index contributed by atoms with van der Waals surface area (Å²) in [6.07, 6.45) is -2.57. The van der Waals surface area contributed by atoms with E-state index in [1.54, 1.807) is 19.2 Å². The van der Waals surface area contributed by atoms with E-state index in [0.717, 1.165) is 11.8 Å². The zero-order chi connectivity index (χ0) is 17.9. The number of hydrogen-bond acceptors (Lipinski definition) is 6. The second kappa shape index (κ2) is 6.73. The highest BCUT2D eigenvalue weighted by Gasteiger charge is 2.35. The number of rotatable bonds is 5.